The molecule has 1 rings (SSSR count). The molecule has 0 saturated carbocycles. The number of rotatable bonds is 4. The number of hydrogen-bond acceptors (Lipinski definition) is 3. The Morgan fingerprint density at radius 3 is 2.53 bits per heavy atom. The molecule has 0 heterocycles. The zero-order valence-electron chi connectivity index (χ0n) is 12.0. The molecule has 2 N–H and O–H groups in total. The van der Waals surface area contributed by atoms with Crippen LogP contribution in [0.15, 0.2) is 22.7 Å². The van der Waals surface area contributed by atoms with Gasteiger partial charge in [0.25, 0.3) is 0 Å². The van der Waals surface area contributed by atoms with Crippen LogP contribution in [-0.2, 0) is 4.79 Å². The molecule has 0 aromatic heterocycles. The second-order valence-electron chi connectivity index (χ2n) is 5.45. The van der Waals surface area contributed by atoms with Gasteiger partial charge in [0.2, 0.25) is 5.91 Å². The second-order valence-corrected chi connectivity index (χ2v) is 6.31. The summed E-state index contributed by atoms with van der Waals surface area (Å²) >= 11 is 3.39. The molecule has 1 aromatic rings. The van der Waals surface area contributed by atoms with Crippen LogP contribution in [0, 0.1) is 0 Å². The van der Waals surface area contributed by atoms with Crippen molar-refractivity contribution in [2.75, 3.05) is 12.4 Å². The Hall–Kier alpha value is -1.23. The minimum Gasteiger partial charge on any atom is -0.495 e. The molecule has 106 valence electrons. The summed E-state index contributed by atoms with van der Waals surface area (Å²) in [6.45, 7) is 7.70. The lowest BCUT2D eigenvalue weighted by molar-refractivity contribution is -0.122. The molecule has 4 nitrogen and oxygen atoms in total. The Kier molecular flexibility index (Phi) is 5.23. The zero-order chi connectivity index (χ0) is 14.6. The third-order valence-electron chi connectivity index (χ3n) is 2.43. The fraction of sp³-hybridized carbons (Fsp3) is 0.500. The van der Waals surface area contributed by atoms with Crippen LogP contribution in [0.2, 0.25) is 0 Å². The number of nitrogens with one attached hydrogen (secondary N) is 2. The summed E-state index contributed by atoms with van der Waals surface area (Å²) in [5.74, 6) is 0.697. The molecule has 0 fully saturated rings. The Labute approximate surface area is 123 Å². The van der Waals surface area contributed by atoms with E-state index in [-0.39, 0.29) is 17.5 Å². The molecule has 1 amide bonds. The van der Waals surface area contributed by atoms with Gasteiger partial charge in [0.15, 0.2) is 0 Å². The van der Waals surface area contributed by atoms with Gasteiger partial charge in [-0.2, -0.15) is 0 Å². The van der Waals surface area contributed by atoms with E-state index in [4.69, 9.17) is 4.74 Å². The Balaban J connectivity index is 2.71. The van der Waals surface area contributed by atoms with Gasteiger partial charge in [0.1, 0.15) is 11.8 Å². The number of methoxy groups -OCH3 is 1. The third-order valence-corrected chi connectivity index (χ3v) is 3.08. The molecular weight excluding hydrogens is 308 g/mol. The van der Waals surface area contributed by atoms with E-state index in [0.29, 0.717) is 0 Å². The molecule has 0 aliphatic heterocycles. The lowest BCUT2D eigenvalue weighted by atomic mass is 10.1. The molecule has 0 aliphatic carbocycles. The summed E-state index contributed by atoms with van der Waals surface area (Å²) in [5.41, 5.74) is 0.612. The van der Waals surface area contributed by atoms with Crippen LogP contribution in [0.5, 0.6) is 5.75 Å². The first-order valence-electron chi connectivity index (χ1n) is 6.15. The summed E-state index contributed by atoms with van der Waals surface area (Å²) in [4.78, 5) is 12.0. The third kappa shape index (κ3) is 5.11. The van der Waals surface area contributed by atoms with E-state index in [1.54, 1.807) is 7.11 Å². The molecule has 0 radical (unpaired) electrons. The first kappa shape index (κ1) is 15.8. The van der Waals surface area contributed by atoms with Crippen molar-refractivity contribution in [3.8, 4) is 5.75 Å². The second kappa shape index (κ2) is 6.28. The van der Waals surface area contributed by atoms with Crippen molar-refractivity contribution < 1.29 is 9.53 Å². The molecule has 1 atom stereocenters. The molecule has 1 aromatic carbocycles. The Morgan fingerprint density at radius 2 is 2.00 bits per heavy atom. The standard InChI is InChI=1S/C14H21BrN2O2/c1-9(13(18)17-14(2,3)4)16-10-6-7-11(15)12(8-10)19-5/h6-9,16H,1-5H3,(H,17,18). The highest BCUT2D eigenvalue weighted by Crippen LogP contribution is 2.28. The number of amides is 1. The van der Waals surface area contributed by atoms with Crippen LogP contribution in [-0.4, -0.2) is 24.6 Å². The normalized spacial score (nSPS) is 12.7. The minimum absolute atomic E-state index is 0.0330. The van der Waals surface area contributed by atoms with Gasteiger partial charge in [-0.05, 0) is 55.8 Å². The summed E-state index contributed by atoms with van der Waals surface area (Å²) in [7, 11) is 1.61. The molecule has 0 aliphatic rings. The molecular formula is C14H21BrN2O2. The number of carbonyl (C=O) groups excluding carboxylic acids is 1. The molecule has 0 spiro atoms. The summed E-state index contributed by atoms with van der Waals surface area (Å²) < 4.78 is 6.10. The minimum atomic E-state index is -0.315. The Bertz CT molecular complexity index is 455. The summed E-state index contributed by atoms with van der Waals surface area (Å²) in [5, 5.41) is 6.09. The van der Waals surface area contributed by atoms with Crippen molar-refractivity contribution in [3.63, 3.8) is 0 Å². The first-order valence-corrected chi connectivity index (χ1v) is 6.94. The number of anilines is 1. The van der Waals surface area contributed by atoms with Crippen LogP contribution < -0.4 is 15.4 Å². The van der Waals surface area contributed by atoms with Crippen molar-refractivity contribution in [1.29, 1.82) is 0 Å². The van der Waals surface area contributed by atoms with Crippen LogP contribution in [0.4, 0.5) is 5.69 Å². The van der Waals surface area contributed by atoms with Crippen LogP contribution in [0.25, 0.3) is 0 Å². The number of ether oxygens (including phenoxy) is 1. The van der Waals surface area contributed by atoms with E-state index in [1.165, 1.54) is 0 Å². The number of halogens is 1. The zero-order valence-corrected chi connectivity index (χ0v) is 13.6. The molecule has 19 heavy (non-hydrogen) atoms. The van der Waals surface area contributed by atoms with E-state index in [2.05, 4.69) is 26.6 Å². The maximum absolute atomic E-state index is 12.0. The average molecular weight is 329 g/mol. The fourth-order valence-electron chi connectivity index (χ4n) is 1.54. The van der Waals surface area contributed by atoms with Gasteiger partial charge in [-0.3, -0.25) is 4.79 Å². The van der Waals surface area contributed by atoms with Crippen molar-refractivity contribution in [1.82, 2.24) is 5.32 Å². The van der Waals surface area contributed by atoms with E-state index < -0.39 is 0 Å². The first-order chi connectivity index (χ1) is 8.73. The SMILES string of the molecule is COc1cc(NC(C)C(=O)NC(C)(C)C)ccc1Br. The Morgan fingerprint density at radius 1 is 1.37 bits per heavy atom. The predicted molar refractivity (Wildman–Crippen MR) is 81.7 cm³/mol. The number of carbonyl (C=O) groups is 1. The monoisotopic (exact) mass is 328 g/mol. The lowest BCUT2D eigenvalue weighted by Gasteiger charge is -2.24. The average Bonchev–Trinajstić information content (AvgIpc) is 2.29. The lowest BCUT2D eigenvalue weighted by Crippen LogP contribution is -2.47. The quantitative estimate of drug-likeness (QED) is 0.892. The van der Waals surface area contributed by atoms with Crippen LogP contribution in [0.1, 0.15) is 27.7 Å². The van der Waals surface area contributed by atoms with E-state index in [9.17, 15) is 4.79 Å². The molecule has 5 heteroatoms. The largest absolute Gasteiger partial charge is 0.495 e. The van der Waals surface area contributed by atoms with E-state index >= 15 is 0 Å². The maximum Gasteiger partial charge on any atom is 0.242 e. The van der Waals surface area contributed by atoms with Crippen molar-refractivity contribution >= 4 is 27.5 Å². The van der Waals surface area contributed by atoms with Crippen LogP contribution in [0.3, 0.4) is 0 Å². The topological polar surface area (TPSA) is 50.4 Å². The van der Waals surface area contributed by atoms with Gasteiger partial charge >= 0.3 is 0 Å². The van der Waals surface area contributed by atoms with Gasteiger partial charge in [0.05, 0.1) is 11.6 Å². The van der Waals surface area contributed by atoms with Gasteiger partial charge in [-0.15, -0.1) is 0 Å². The van der Waals surface area contributed by atoms with Crippen LogP contribution >= 0.6 is 15.9 Å². The highest BCUT2D eigenvalue weighted by atomic mass is 79.9. The molecule has 1 unspecified atom stereocenters. The predicted octanol–water partition coefficient (Wildman–Crippen LogP) is 3.17. The summed E-state index contributed by atoms with van der Waals surface area (Å²) in [6.07, 6.45) is 0. The molecule has 0 bridgehead atoms. The van der Waals surface area contributed by atoms with Gasteiger partial charge < -0.3 is 15.4 Å². The number of benzene rings is 1. The van der Waals surface area contributed by atoms with E-state index in [1.807, 2.05) is 45.9 Å². The number of hydrogen-bond donors (Lipinski definition) is 2. The van der Waals surface area contributed by atoms with Crippen molar-refractivity contribution in [3.05, 3.63) is 22.7 Å². The van der Waals surface area contributed by atoms with Gasteiger partial charge in [-0.25, -0.2) is 0 Å². The van der Waals surface area contributed by atoms with Crippen molar-refractivity contribution in [2.24, 2.45) is 0 Å². The highest BCUT2D eigenvalue weighted by Gasteiger charge is 2.19. The molecule has 0 saturated heterocycles. The van der Waals surface area contributed by atoms with Gasteiger partial charge in [0, 0.05) is 17.3 Å². The highest BCUT2D eigenvalue weighted by molar-refractivity contribution is 9.10. The maximum atomic E-state index is 12.0. The van der Waals surface area contributed by atoms with Gasteiger partial charge in [-0.1, -0.05) is 0 Å². The smallest absolute Gasteiger partial charge is 0.242 e. The summed E-state index contributed by atoms with van der Waals surface area (Å²) in [6, 6.07) is 5.32. The van der Waals surface area contributed by atoms with E-state index in [0.717, 1.165) is 15.9 Å². The fourth-order valence-corrected chi connectivity index (χ4v) is 1.95. The van der Waals surface area contributed by atoms with Crippen molar-refractivity contribution in [2.45, 2.75) is 39.3 Å².